The zero-order chi connectivity index (χ0) is 14.1. The van der Waals surface area contributed by atoms with Gasteiger partial charge in [-0.05, 0) is 28.1 Å². The first-order chi connectivity index (χ1) is 9.65. The summed E-state index contributed by atoms with van der Waals surface area (Å²) >= 11 is 3.15. The van der Waals surface area contributed by atoms with E-state index in [0.29, 0.717) is 11.0 Å². The van der Waals surface area contributed by atoms with Gasteiger partial charge >= 0.3 is 0 Å². The molecule has 102 valence electrons. The Labute approximate surface area is 122 Å². The lowest BCUT2D eigenvalue weighted by Gasteiger charge is -2.09. The molecule has 20 heavy (non-hydrogen) atoms. The molecule has 3 aromatic rings. The molecule has 2 aromatic carbocycles. The van der Waals surface area contributed by atoms with Crippen LogP contribution >= 0.6 is 15.9 Å². The molecule has 0 amide bonds. The van der Waals surface area contributed by atoms with Crippen LogP contribution in [0.15, 0.2) is 51.6 Å². The van der Waals surface area contributed by atoms with Crippen LogP contribution in [-0.2, 0) is 6.54 Å². The number of hydrogen-bond donors (Lipinski definition) is 1. The first-order valence-corrected chi connectivity index (χ1v) is 6.78. The molecule has 0 saturated carbocycles. The first kappa shape index (κ1) is 13.1. The van der Waals surface area contributed by atoms with Crippen molar-refractivity contribution in [3.8, 4) is 0 Å². The molecule has 3 rings (SSSR count). The molecule has 0 atom stereocenters. The summed E-state index contributed by atoms with van der Waals surface area (Å²) in [5, 5.41) is 3.93. The van der Waals surface area contributed by atoms with Crippen LogP contribution in [0.5, 0.6) is 0 Å². The lowest BCUT2D eigenvalue weighted by molar-refractivity contribution is 0.583. The maximum absolute atomic E-state index is 13.7. The summed E-state index contributed by atoms with van der Waals surface area (Å²) < 4.78 is 32.5. The maximum Gasteiger partial charge on any atom is 0.150 e. The van der Waals surface area contributed by atoms with Crippen LogP contribution in [0.2, 0.25) is 0 Å². The van der Waals surface area contributed by atoms with Crippen molar-refractivity contribution in [1.82, 2.24) is 0 Å². The zero-order valence-electron chi connectivity index (χ0n) is 10.3. The molecular formula is C15H10BrF2NO. The monoisotopic (exact) mass is 337 g/mol. The van der Waals surface area contributed by atoms with Gasteiger partial charge in [0, 0.05) is 28.0 Å². The molecule has 2 nitrogen and oxygen atoms in total. The number of anilines is 1. The number of rotatable bonds is 3. The summed E-state index contributed by atoms with van der Waals surface area (Å²) in [6, 6.07) is 9.67. The molecule has 0 fully saturated rings. The Kier molecular flexibility index (Phi) is 3.44. The Bertz CT molecular complexity index is 746. The summed E-state index contributed by atoms with van der Waals surface area (Å²) in [5.74, 6) is -1.25. The van der Waals surface area contributed by atoms with E-state index in [-0.39, 0.29) is 5.69 Å². The zero-order valence-corrected chi connectivity index (χ0v) is 11.9. The second-order valence-corrected chi connectivity index (χ2v) is 5.21. The summed E-state index contributed by atoms with van der Waals surface area (Å²) in [6.07, 6.45) is 1.63. The number of halogens is 3. The number of furan rings is 1. The van der Waals surface area contributed by atoms with Crippen molar-refractivity contribution in [1.29, 1.82) is 0 Å². The van der Waals surface area contributed by atoms with E-state index in [2.05, 4.69) is 21.2 Å². The number of hydrogen-bond acceptors (Lipinski definition) is 2. The predicted molar refractivity (Wildman–Crippen MR) is 77.6 cm³/mol. The fourth-order valence-corrected chi connectivity index (χ4v) is 2.61. The van der Waals surface area contributed by atoms with E-state index in [1.165, 1.54) is 6.07 Å². The molecule has 1 aromatic heterocycles. The van der Waals surface area contributed by atoms with Gasteiger partial charge in [-0.2, -0.15) is 0 Å². The van der Waals surface area contributed by atoms with Crippen LogP contribution in [0, 0.1) is 11.6 Å². The van der Waals surface area contributed by atoms with Gasteiger partial charge in [-0.15, -0.1) is 0 Å². The number of fused-ring (bicyclic) bond motifs is 1. The molecule has 1 heterocycles. The SMILES string of the molecule is Fc1cc(F)c(NCc2coc3ccccc23)c(Br)c1. The third kappa shape index (κ3) is 2.41. The normalized spacial score (nSPS) is 10.9. The molecule has 0 aliphatic carbocycles. The van der Waals surface area contributed by atoms with Gasteiger partial charge < -0.3 is 9.73 Å². The van der Waals surface area contributed by atoms with Gasteiger partial charge in [0.05, 0.1) is 12.0 Å². The van der Waals surface area contributed by atoms with Crippen LogP contribution in [0.1, 0.15) is 5.56 Å². The number of nitrogens with one attached hydrogen (secondary N) is 1. The average molecular weight is 338 g/mol. The van der Waals surface area contributed by atoms with E-state index in [4.69, 9.17) is 4.42 Å². The standard InChI is InChI=1S/C15H10BrF2NO/c16-12-5-10(17)6-13(18)15(12)19-7-9-8-20-14-4-2-1-3-11(9)14/h1-6,8,19H,7H2. The van der Waals surface area contributed by atoms with Gasteiger partial charge in [0.2, 0.25) is 0 Å². The molecular weight excluding hydrogens is 328 g/mol. The van der Waals surface area contributed by atoms with Gasteiger partial charge in [0.1, 0.15) is 17.2 Å². The van der Waals surface area contributed by atoms with Gasteiger partial charge in [-0.25, -0.2) is 8.78 Å². The topological polar surface area (TPSA) is 25.2 Å². The molecule has 0 aliphatic rings. The largest absolute Gasteiger partial charge is 0.464 e. The summed E-state index contributed by atoms with van der Waals surface area (Å²) in [5.41, 5.74) is 1.93. The van der Waals surface area contributed by atoms with Crippen molar-refractivity contribution < 1.29 is 13.2 Å². The van der Waals surface area contributed by atoms with E-state index >= 15 is 0 Å². The molecule has 0 aliphatic heterocycles. The highest BCUT2D eigenvalue weighted by Gasteiger charge is 2.11. The van der Waals surface area contributed by atoms with Crippen molar-refractivity contribution in [2.24, 2.45) is 0 Å². The lowest BCUT2D eigenvalue weighted by atomic mass is 10.2. The molecule has 1 N–H and O–H groups in total. The van der Waals surface area contributed by atoms with E-state index in [1.54, 1.807) is 6.26 Å². The van der Waals surface area contributed by atoms with Crippen LogP contribution < -0.4 is 5.32 Å². The molecule has 0 spiro atoms. The second-order valence-electron chi connectivity index (χ2n) is 4.36. The van der Waals surface area contributed by atoms with Gasteiger partial charge in [-0.3, -0.25) is 0 Å². The Balaban J connectivity index is 1.87. The maximum atomic E-state index is 13.7. The third-order valence-corrected chi connectivity index (χ3v) is 3.65. The number of para-hydroxylation sites is 1. The van der Waals surface area contributed by atoms with Crippen molar-refractivity contribution in [3.63, 3.8) is 0 Å². The van der Waals surface area contributed by atoms with Crippen molar-refractivity contribution in [2.75, 3.05) is 5.32 Å². The fourth-order valence-electron chi connectivity index (χ4n) is 2.06. The smallest absolute Gasteiger partial charge is 0.150 e. The summed E-state index contributed by atoms with van der Waals surface area (Å²) in [6.45, 7) is 0.387. The van der Waals surface area contributed by atoms with Crippen molar-refractivity contribution in [2.45, 2.75) is 6.54 Å². The van der Waals surface area contributed by atoms with E-state index in [0.717, 1.165) is 22.6 Å². The van der Waals surface area contributed by atoms with Crippen LogP contribution in [0.4, 0.5) is 14.5 Å². The van der Waals surface area contributed by atoms with Gasteiger partial charge in [0.15, 0.2) is 0 Å². The quantitative estimate of drug-likeness (QED) is 0.720. The molecule has 0 radical (unpaired) electrons. The van der Waals surface area contributed by atoms with Gasteiger partial charge in [0.25, 0.3) is 0 Å². The van der Waals surface area contributed by atoms with E-state index < -0.39 is 11.6 Å². The van der Waals surface area contributed by atoms with E-state index in [1.807, 2.05) is 24.3 Å². The summed E-state index contributed by atoms with van der Waals surface area (Å²) in [4.78, 5) is 0. The lowest BCUT2D eigenvalue weighted by Crippen LogP contribution is -2.02. The first-order valence-electron chi connectivity index (χ1n) is 5.98. The highest BCUT2D eigenvalue weighted by Crippen LogP contribution is 2.28. The number of benzene rings is 2. The minimum atomic E-state index is -0.635. The molecule has 0 unspecified atom stereocenters. The predicted octanol–water partition coefficient (Wildman–Crippen LogP) is 5.09. The van der Waals surface area contributed by atoms with Crippen LogP contribution in [0.25, 0.3) is 11.0 Å². The Morgan fingerprint density at radius 1 is 1.15 bits per heavy atom. The van der Waals surface area contributed by atoms with Crippen molar-refractivity contribution in [3.05, 3.63) is 64.3 Å². The van der Waals surface area contributed by atoms with Crippen LogP contribution in [-0.4, -0.2) is 0 Å². The van der Waals surface area contributed by atoms with E-state index in [9.17, 15) is 8.78 Å². The van der Waals surface area contributed by atoms with Crippen LogP contribution in [0.3, 0.4) is 0 Å². The third-order valence-electron chi connectivity index (χ3n) is 3.02. The fraction of sp³-hybridized carbons (Fsp3) is 0.0667. The highest BCUT2D eigenvalue weighted by atomic mass is 79.9. The molecule has 5 heteroatoms. The van der Waals surface area contributed by atoms with Gasteiger partial charge in [-0.1, -0.05) is 18.2 Å². The Morgan fingerprint density at radius 3 is 2.75 bits per heavy atom. The minimum Gasteiger partial charge on any atom is -0.464 e. The Hall–Kier alpha value is -1.88. The minimum absolute atomic E-state index is 0.233. The molecule has 0 bridgehead atoms. The average Bonchev–Trinajstić information content (AvgIpc) is 2.81. The molecule has 0 saturated heterocycles. The highest BCUT2D eigenvalue weighted by molar-refractivity contribution is 9.10. The Morgan fingerprint density at radius 2 is 1.95 bits per heavy atom. The van der Waals surface area contributed by atoms with Crippen molar-refractivity contribution >= 4 is 32.6 Å². The summed E-state index contributed by atoms with van der Waals surface area (Å²) in [7, 11) is 0. The second kappa shape index (κ2) is 5.25.